The molecule has 1 fully saturated rings. The number of ether oxygens (including phenoxy) is 1. The van der Waals surface area contributed by atoms with Crippen molar-refractivity contribution in [3.8, 4) is 0 Å². The smallest absolute Gasteiger partial charge is 0.188 e. The van der Waals surface area contributed by atoms with Crippen molar-refractivity contribution in [2.45, 2.75) is 25.4 Å². The summed E-state index contributed by atoms with van der Waals surface area (Å²) in [6.07, 6.45) is 2.41. The number of carbonyl (C=O) groups excluding carboxylic acids is 1. The molecule has 0 bridgehead atoms. The third-order valence-electron chi connectivity index (χ3n) is 3.66. The Morgan fingerprint density at radius 3 is 2.79 bits per heavy atom. The fourth-order valence-corrected chi connectivity index (χ4v) is 2.61. The molecule has 1 saturated heterocycles. The quantitative estimate of drug-likeness (QED) is 0.790. The van der Waals surface area contributed by atoms with Gasteiger partial charge in [0.2, 0.25) is 0 Å². The van der Waals surface area contributed by atoms with E-state index in [1.165, 1.54) is 18.4 Å². The highest BCUT2D eigenvalue weighted by molar-refractivity contribution is 5.96. The van der Waals surface area contributed by atoms with Crippen LogP contribution in [0, 0.1) is 0 Å². The maximum Gasteiger partial charge on any atom is 0.188 e. The molecule has 1 aliphatic heterocycles. The summed E-state index contributed by atoms with van der Waals surface area (Å²) in [5, 5.41) is 8.81. The number of aliphatic hydroxyl groups is 1. The SMILES string of the molecule is COC[C@H]1CCCN1Cc1ccc(C(=O)CO)cc1. The first-order valence-electron chi connectivity index (χ1n) is 6.70. The lowest BCUT2D eigenvalue weighted by Gasteiger charge is -2.23. The summed E-state index contributed by atoms with van der Waals surface area (Å²) in [5.74, 6) is -0.231. The second-order valence-electron chi connectivity index (χ2n) is 5.00. The van der Waals surface area contributed by atoms with Crippen LogP contribution in [0.3, 0.4) is 0 Å². The average Bonchev–Trinajstić information content (AvgIpc) is 2.86. The monoisotopic (exact) mass is 263 g/mol. The summed E-state index contributed by atoms with van der Waals surface area (Å²) in [4.78, 5) is 13.8. The van der Waals surface area contributed by atoms with Gasteiger partial charge >= 0.3 is 0 Å². The number of benzene rings is 1. The van der Waals surface area contributed by atoms with Crippen molar-refractivity contribution in [1.29, 1.82) is 0 Å². The lowest BCUT2D eigenvalue weighted by Crippen LogP contribution is -2.32. The van der Waals surface area contributed by atoms with Crippen LogP contribution in [0.2, 0.25) is 0 Å². The molecule has 1 heterocycles. The van der Waals surface area contributed by atoms with Crippen molar-refractivity contribution in [3.63, 3.8) is 0 Å². The number of carbonyl (C=O) groups is 1. The topological polar surface area (TPSA) is 49.8 Å². The summed E-state index contributed by atoms with van der Waals surface area (Å²) < 4.78 is 5.24. The van der Waals surface area contributed by atoms with Crippen molar-refractivity contribution < 1.29 is 14.6 Å². The Morgan fingerprint density at radius 2 is 2.16 bits per heavy atom. The first-order chi connectivity index (χ1) is 9.24. The number of nitrogens with zero attached hydrogens (tertiary/aromatic N) is 1. The molecule has 0 aromatic heterocycles. The van der Waals surface area contributed by atoms with Crippen LogP contribution in [-0.4, -0.2) is 48.7 Å². The molecule has 4 nitrogen and oxygen atoms in total. The Balaban J connectivity index is 1.97. The maximum absolute atomic E-state index is 11.3. The zero-order valence-corrected chi connectivity index (χ0v) is 11.3. The van der Waals surface area contributed by atoms with Crippen molar-refractivity contribution in [2.75, 3.05) is 26.9 Å². The summed E-state index contributed by atoms with van der Waals surface area (Å²) in [5.41, 5.74) is 1.76. The van der Waals surface area contributed by atoms with Crippen LogP contribution >= 0.6 is 0 Å². The molecular formula is C15H21NO3. The lowest BCUT2D eigenvalue weighted by molar-refractivity contribution is 0.0903. The Morgan fingerprint density at radius 1 is 1.42 bits per heavy atom. The molecule has 0 unspecified atom stereocenters. The van der Waals surface area contributed by atoms with E-state index in [4.69, 9.17) is 9.84 Å². The number of rotatable bonds is 6. The molecule has 0 aliphatic carbocycles. The molecule has 1 aromatic rings. The van der Waals surface area contributed by atoms with Crippen molar-refractivity contribution in [2.24, 2.45) is 0 Å². The van der Waals surface area contributed by atoms with E-state index in [1.54, 1.807) is 19.2 Å². The Bertz CT molecular complexity index is 416. The third-order valence-corrected chi connectivity index (χ3v) is 3.66. The van der Waals surface area contributed by atoms with Gasteiger partial charge in [-0.1, -0.05) is 24.3 Å². The summed E-state index contributed by atoms with van der Waals surface area (Å²) in [6, 6.07) is 8.00. The largest absolute Gasteiger partial charge is 0.388 e. The van der Waals surface area contributed by atoms with Crippen molar-refractivity contribution in [1.82, 2.24) is 4.90 Å². The highest BCUT2D eigenvalue weighted by atomic mass is 16.5. The Hall–Kier alpha value is -1.23. The zero-order chi connectivity index (χ0) is 13.7. The van der Waals surface area contributed by atoms with Crippen LogP contribution in [-0.2, 0) is 11.3 Å². The van der Waals surface area contributed by atoms with Gasteiger partial charge in [0.25, 0.3) is 0 Å². The van der Waals surface area contributed by atoms with Gasteiger partial charge in [0, 0.05) is 25.3 Å². The lowest BCUT2D eigenvalue weighted by atomic mass is 10.1. The van der Waals surface area contributed by atoms with E-state index in [-0.39, 0.29) is 5.78 Å². The van der Waals surface area contributed by atoms with E-state index >= 15 is 0 Å². The minimum Gasteiger partial charge on any atom is -0.388 e. The Kier molecular flexibility index (Phi) is 5.07. The third kappa shape index (κ3) is 3.62. The highest BCUT2D eigenvalue weighted by Crippen LogP contribution is 2.20. The van der Waals surface area contributed by atoms with Crippen LogP contribution in [0.1, 0.15) is 28.8 Å². The summed E-state index contributed by atoms with van der Waals surface area (Å²) >= 11 is 0. The molecule has 1 N–H and O–H groups in total. The molecule has 1 atom stereocenters. The summed E-state index contributed by atoms with van der Waals surface area (Å²) in [7, 11) is 1.74. The summed E-state index contributed by atoms with van der Waals surface area (Å²) in [6.45, 7) is 2.34. The molecular weight excluding hydrogens is 242 g/mol. The number of aliphatic hydroxyl groups excluding tert-OH is 1. The fraction of sp³-hybridized carbons (Fsp3) is 0.533. The second-order valence-corrected chi connectivity index (χ2v) is 5.00. The molecule has 1 aliphatic rings. The number of hydrogen-bond acceptors (Lipinski definition) is 4. The van der Waals surface area contributed by atoms with Gasteiger partial charge in [-0.15, -0.1) is 0 Å². The van der Waals surface area contributed by atoms with Crippen LogP contribution in [0.25, 0.3) is 0 Å². The standard InChI is InChI=1S/C15H21NO3/c1-19-11-14-3-2-8-16(14)9-12-4-6-13(7-5-12)15(18)10-17/h4-7,14,17H,2-3,8-11H2,1H3/t14-/m1/s1. The van der Waals surface area contributed by atoms with Gasteiger partial charge in [0.05, 0.1) is 6.61 Å². The van der Waals surface area contributed by atoms with Crippen LogP contribution in [0.4, 0.5) is 0 Å². The van der Waals surface area contributed by atoms with Gasteiger partial charge in [-0.3, -0.25) is 9.69 Å². The number of likely N-dealkylation sites (tertiary alicyclic amines) is 1. The average molecular weight is 263 g/mol. The van der Waals surface area contributed by atoms with Crippen LogP contribution < -0.4 is 0 Å². The van der Waals surface area contributed by atoms with Crippen LogP contribution in [0.15, 0.2) is 24.3 Å². The van der Waals surface area contributed by atoms with E-state index in [0.717, 1.165) is 19.7 Å². The molecule has 2 rings (SSSR count). The van der Waals surface area contributed by atoms with Crippen LogP contribution in [0.5, 0.6) is 0 Å². The highest BCUT2D eigenvalue weighted by Gasteiger charge is 2.24. The van der Waals surface area contributed by atoms with Gasteiger partial charge in [0.1, 0.15) is 6.61 Å². The van der Waals surface area contributed by atoms with E-state index in [1.807, 2.05) is 12.1 Å². The minimum absolute atomic E-state index is 0.231. The normalized spacial score (nSPS) is 19.8. The molecule has 0 saturated carbocycles. The maximum atomic E-state index is 11.3. The number of methoxy groups -OCH3 is 1. The van der Waals surface area contributed by atoms with Gasteiger partial charge in [-0.05, 0) is 24.9 Å². The van der Waals surface area contributed by atoms with Crippen molar-refractivity contribution in [3.05, 3.63) is 35.4 Å². The predicted octanol–water partition coefficient (Wildman–Crippen LogP) is 1.47. The minimum atomic E-state index is -0.429. The molecule has 104 valence electrons. The zero-order valence-electron chi connectivity index (χ0n) is 11.3. The molecule has 19 heavy (non-hydrogen) atoms. The predicted molar refractivity (Wildman–Crippen MR) is 73.2 cm³/mol. The molecule has 0 radical (unpaired) electrons. The van der Waals surface area contributed by atoms with E-state index < -0.39 is 6.61 Å². The van der Waals surface area contributed by atoms with Gasteiger partial charge in [-0.25, -0.2) is 0 Å². The molecule has 4 heteroatoms. The van der Waals surface area contributed by atoms with Gasteiger partial charge in [-0.2, -0.15) is 0 Å². The molecule has 0 spiro atoms. The Labute approximate surface area is 114 Å². The van der Waals surface area contributed by atoms with Gasteiger partial charge in [0.15, 0.2) is 5.78 Å². The number of ketones is 1. The molecule has 0 amide bonds. The van der Waals surface area contributed by atoms with E-state index in [0.29, 0.717) is 11.6 Å². The van der Waals surface area contributed by atoms with Gasteiger partial charge < -0.3 is 9.84 Å². The first kappa shape index (κ1) is 14.2. The second kappa shape index (κ2) is 6.80. The number of Topliss-reactive ketones (excluding diaryl/α,β-unsaturated/α-hetero) is 1. The molecule has 1 aromatic carbocycles. The number of hydrogen-bond donors (Lipinski definition) is 1. The fourth-order valence-electron chi connectivity index (χ4n) is 2.61. The van der Waals surface area contributed by atoms with E-state index in [9.17, 15) is 4.79 Å². The first-order valence-corrected chi connectivity index (χ1v) is 6.70. The van der Waals surface area contributed by atoms with Crippen molar-refractivity contribution >= 4 is 5.78 Å². The van der Waals surface area contributed by atoms with E-state index in [2.05, 4.69) is 4.90 Å².